The Kier molecular flexibility index (Phi) is 1.90. The Hall–Kier alpha value is -0.250. The minimum absolute atomic E-state index is 0.518. The molecule has 1 aliphatic heterocycles. The van der Waals surface area contributed by atoms with Gasteiger partial charge >= 0.3 is 6.18 Å². The van der Waals surface area contributed by atoms with E-state index in [4.69, 9.17) is 0 Å². The molecule has 0 aromatic rings. The Morgan fingerprint density at radius 1 is 1.50 bits per heavy atom. The topological polar surface area (TPSA) is 3.24 Å². The van der Waals surface area contributed by atoms with E-state index in [9.17, 15) is 13.2 Å². The van der Waals surface area contributed by atoms with Gasteiger partial charge in [0.25, 0.3) is 0 Å². The molecule has 0 aromatic carbocycles. The van der Waals surface area contributed by atoms with Crippen LogP contribution in [0.25, 0.3) is 0 Å². The highest BCUT2D eigenvalue weighted by atomic mass is 19.4. The minimum atomic E-state index is -4.08. The summed E-state index contributed by atoms with van der Waals surface area (Å²) in [6, 6.07) is -1.31. The number of hydrogen-bond donors (Lipinski definition) is 0. The highest BCUT2D eigenvalue weighted by Gasteiger charge is 2.44. The summed E-state index contributed by atoms with van der Waals surface area (Å²) in [6.45, 7) is 0.518. The fourth-order valence-electron chi connectivity index (χ4n) is 1.14. The molecule has 1 saturated heterocycles. The zero-order valence-electron chi connectivity index (χ0n) is 5.65. The Labute approximate surface area is 57.8 Å². The average molecular weight is 152 g/mol. The lowest BCUT2D eigenvalue weighted by Gasteiger charge is -2.21. The Balaban J connectivity index is 2.55. The first kappa shape index (κ1) is 7.85. The summed E-state index contributed by atoms with van der Waals surface area (Å²) in [4.78, 5) is 1.31. The molecule has 1 fully saturated rings. The summed E-state index contributed by atoms with van der Waals surface area (Å²) in [5.41, 5.74) is 0. The fraction of sp³-hybridized carbons (Fsp3) is 0.833. The van der Waals surface area contributed by atoms with Gasteiger partial charge in [0.1, 0.15) is 6.04 Å². The van der Waals surface area contributed by atoms with Gasteiger partial charge in [0.05, 0.1) is 0 Å². The maximum Gasteiger partial charge on any atom is 0.404 e. The third-order valence-electron chi connectivity index (χ3n) is 1.68. The lowest BCUT2D eigenvalue weighted by Crippen LogP contribution is -2.38. The summed E-state index contributed by atoms with van der Waals surface area (Å²) >= 11 is 0. The van der Waals surface area contributed by atoms with Gasteiger partial charge < -0.3 is 0 Å². The van der Waals surface area contributed by atoms with Crippen molar-refractivity contribution in [3.63, 3.8) is 0 Å². The second kappa shape index (κ2) is 2.42. The largest absolute Gasteiger partial charge is 0.404 e. The number of likely N-dealkylation sites (tertiary alicyclic amines) is 1. The second-order valence-electron chi connectivity index (χ2n) is 2.49. The Morgan fingerprint density at radius 3 is 2.30 bits per heavy atom. The average Bonchev–Trinajstić information content (AvgIpc) is 2.11. The van der Waals surface area contributed by atoms with Crippen molar-refractivity contribution in [1.29, 1.82) is 0 Å². The molecule has 0 bridgehead atoms. The van der Waals surface area contributed by atoms with Crippen molar-refractivity contribution in [2.75, 3.05) is 13.6 Å². The molecule has 4 heteroatoms. The SMILES string of the molecule is CN1CC[CH]C1C(F)(F)F. The van der Waals surface area contributed by atoms with Gasteiger partial charge in [0.15, 0.2) is 0 Å². The van der Waals surface area contributed by atoms with Crippen LogP contribution in [0.3, 0.4) is 0 Å². The van der Waals surface area contributed by atoms with E-state index in [1.54, 1.807) is 0 Å². The van der Waals surface area contributed by atoms with Crippen LogP contribution in [0.4, 0.5) is 13.2 Å². The molecule has 1 rings (SSSR count). The third kappa shape index (κ3) is 1.42. The molecule has 0 N–H and O–H groups in total. The van der Waals surface area contributed by atoms with Crippen LogP contribution < -0.4 is 0 Å². The van der Waals surface area contributed by atoms with Crippen molar-refractivity contribution in [3.8, 4) is 0 Å². The highest BCUT2D eigenvalue weighted by Crippen LogP contribution is 2.30. The molecule has 10 heavy (non-hydrogen) atoms. The normalized spacial score (nSPS) is 29.4. The molecular formula is C6H9F3N. The smallest absolute Gasteiger partial charge is 0.295 e. The number of hydrogen-bond acceptors (Lipinski definition) is 1. The van der Waals surface area contributed by atoms with Crippen molar-refractivity contribution in [2.45, 2.75) is 18.6 Å². The van der Waals surface area contributed by atoms with Gasteiger partial charge in [-0.1, -0.05) is 0 Å². The molecule has 59 valence electrons. The molecule has 0 aromatic heterocycles. The van der Waals surface area contributed by atoms with Crippen LogP contribution >= 0.6 is 0 Å². The standard InChI is InChI=1S/C6H9F3N/c1-10-4-2-3-5(10)6(7,8)9/h3,5H,2,4H2,1H3. The summed E-state index contributed by atoms with van der Waals surface area (Å²) in [6.07, 6.45) is -2.23. The first-order valence-electron chi connectivity index (χ1n) is 3.12. The molecule has 1 radical (unpaired) electrons. The number of rotatable bonds is 0. The zero-order chi connectivity index (χ0) is 7.78. The number of alkyl halides is 3. The lowest BCUT2D eigenvalue weighted by molar-refractivity contribution is -0.164. The van der Waals surface area contributed by atoms with Crippen molar-refractivity contribution in [2.24, 2.45) is 0 Å². The van der Waals surface area contributed by atoms with Crippen molar-refractivity contribution >= 4 is 0 Å². The Bertz CT molecular complexity index is 121. The maximum absolute atomic E-state index is 11.9. The maximum atomic E-state index is 11.9. The van der Waals surface area contributed by atoms with Crippen LogP contribution in [0.2, 0.25) is 0 Å². The summed E-state index contributed by atoms with van der Waals surface area (Å²) in [5, 5.41) is 0. The van der Waals surface area contributed by atoms with E-state index in [0.29, 0.717) is 13.0 Å². The van der Waals surface area contributed by atoms with Gasteiger partial charge in [-0.05, 0) is 26.4 Å². The fourth-order valence-corrected chi connectivity index (χ4v) is 1.14. The van der Waals surface area contributed by atoms with Gasteiger partial charge in [0.2, 0.25) is 0 Å². The van der Waals surface area contributed by atoms with Gasteiger partial charge in [-0.15, -0.1) is 0 Å². The summed E-state index contributed by atoms with van der Waals surface area (Å²) < 4.78 is 35.8. The summed E-state index contributed by atoms with van der Waals surface area (Å²) in [5.74, 6) is 0. The van der Waals surface area contributed by atoms with E-state index in [0.717, 1.165) is 0 Å². The first-order valence-corrected chi connectivity index (χ1v) is 3.12. The van der Waals surface area contributed by atoms with E-state index in [2.05, 4.69) is 0 Å². The van der Waals surface area contributed by atoms with E-state index in [-0.39, 0.29) is 0 Å². The van der Waals surface area contributed by atoms with Gasteiger partial charge in [0, 0.05) is 0 Å². The molecule has 1 nitrogen and oxygen atoms in total. The van der Waals surface area contributed by atoms with Crippen LogP contribution in [-0.4, -0.2) is 30.7 Å². The van der Waals surface area contributed by atoms with Crippen LogP contribution in [0.5, 0.6) is 0 Å². The van der Waals surface area contributed by atoms with Gasteiger partial charge in [-0.3, -0.25) is 4.90 Å². The second-order valence-corrected chi connectivity index (χ2v) is 2.49. The predicted molar refractivity (Wildman–Crippen MR) is 31.4 cm³/mol. The molecule has 0 saturated carbocycles. The van der Waals surface area contributed by atoms with Crippen LogP contribution in [0, 0.1) is 6.42 Å². The van der Waals surface area contributed by atoms with Crippen LogP contribution in [-0.2, 0) is 0 Å². The molecule has 0 aliphatic carbocycles. The molecule has 0 amide bonds. The zero-order valence-corrected chi connectivity index (χ0v) is 5.65. The molecule has 0 spiro atoms. The van der Waals surface area contributed by atoms with Gasteiger partial charge in [-0.25, -0.2) is 0 Å². The predicted octanol–water partition coefficient (Wildman–Crippen LogP) is 1.46. The Morgan fingerprint density at radius 2 is 2.10 bits per heavy atom. The minimum Gasteiger partial charge on any atom is -0.295 e. The van der Waals surface area contributed by atoms with Crippen molar-refractivity contribution in [3.05, 3.63) is 6.42 Å². The van der Waals surface area contributed by atoms with Crippen LogP contribution in [0.15, 0.2) is 0 Å². The van der Waals surface area contributed by atoms with E-state index in [1.807, 2.05) is 0 Å². The molecule has 1 aliphatic rings. The van der Waals surface area contributed by atoms with Crippen molar-refractivity contribution < 1.29 is 13.2 Å². The highest BCUT2D eigenvalue weighted by molar-refractivity contribution is 4.95. The first-order chi connectivity index (χ1) is 4.52. The van der Waals surface area contributed by atoms with E-state index < -0.39 is 12.2 Å². The third-order valence-corrected chi connectivity index (χ3v) is 1.68. The van der Waals surface area contributed by atoms with Gasteiger partial charge in [-0.2, -0.15) is 13.2 Å². The number of halogens is 3. The monoisotopic (exact) mass is 152 g/mol. The molecule has 1 unspecified atom stereocenters. The summed E-state index contributed by atoms with van der Waals surface area (Å²) in [7, 11) is 1.49. The van der Waals surface area contributed by atoms with Crippen LogP contribution in [0.1, 0.15) is 6.42 Å². The molecule has 1 atom stereocenters. The molecular weight excluding hydrogens is 143 g/mol. The quantitative estimate of drug-likeness (QED) is 0.508. The van der Waals surface area contributed by atoms with Crippen molar-refractivity contribution in [1.82, 2.24) is 4.90 Å². The lowest BCUT2D eigenvalue weighted by atomic mass is 10.2. The molecule has 1 heterocycles. The number of nitrogens with zero attached hydrogens (tertiary/aromatic N) is 1. The van der Waals surface area contributed by atoms with E-state index in [1.165, 1.54) is 18.4 Å². The van der Waals surface area contributed by atoms with E-state index >= 15 is 0 Å².